The van der Waals surface area contributed by atoms with E-state index in [1.165, 1.54) is 0 Å². The topological polar surface area (TPSA) is 59.3 Å². The number of hydrogen-bond donors (Lipinski definition) is 1. The van der Waals surface area contributed by atoms with Crippen molar-refractivity contribution in [2.45, 2.75) is 32.3 Å². The average molecular weight is 340 g/mol. The van der Waals surface area contributed by atoms with Crippen molar-refractivity contribution in [2.75, 3.05) is 11.1 Å². The van der Waals surface area contributed by atoms with Gasteiger partial charge in [-0.3, -0.25) is 9.20 Å². The number of anilines is 1. The Balaban J connectivity index is 1.86. The minimum atomic E-state index is -0.105. The van der Waals surface area contributed by atoms with Crippen molar-refractivity contribution in [2.24, 2.45) is 0 Å². The fraction of sp³-hybridized carbons (Fsp3) is 0.278. The lowest BCUT2D eigenvalue weighted by atomic mass is 10.1. The molecular formula is C18H20N4OS. The zero-order valence-electron chi connectivity index (χ0n) is 14.0. The molecule has 0 saturated heterocycles. The smallest absolute Gasteiger partial charge is 0.255 e. The minimum Gasteiger partial charge on any atom is -0.321 e. The molecule has 1 N–H and O–H groups in total. The zero-order chi connectivity index (χ0) is 17.1. The van der Waals surface area contributed by atoms with Crippen molar-refractivity contribution in [1.82, 2.24) is 14.6 Å². The molecule has 0 aliphatic carbocycles. The van der Waals surface area contributed by atoms with Crippen molar-refractivity contribution in [3.8, 4) is 0 Å². The molecular weight excluding hydrogens is 320 g/mol. The lowest BCUT2D eigenvalue weighted by Gasteiger charge is -2.09. The number of fused-ring (bicyclic) bond motifs is 1. The molecule has 6 heteroatoms. The quantitative estimate of drug-likeness (QED) is 0.710. The van der Waals surface area contributed by atoms with Gasteiger partial charge in [0.2, 0.25) is 0 Å². The van der Waals surface area contributed by atoms with E-state index in [0.29, 0.717) is 5.56 Å². The van der Waals surface area contributed by atoms with Gasteiger partial charge in [0, 0.05) is 17.5 Å². The molecule has 3 rings (SSSR count). The largest absolute Gasteiger partial charge is 0.321 e. The number of pyridine rings is 1. The first-order valence-electron chi connectivity index (χ1n) is 7.94. The van der Waals surface area contributed by atoms with Crippen LogP contribution >= 0.6 is 11.8 Å². The molecule has 0 aliphatic heterocycles. The SMILES string of the molecule is CCCSc1nnc2ccc(NC(=O)c3cc(C)ccc3C)cn12. The second-order valence-corrected chi connectivity index (χ2v) is 6.81. The van der Waals surface area contributed by atoms with Gasteiger partial charge in [0.15, 0.2) is 10.8 Å². The number of benzene rings is 1. The Kier molecular flexibility index (Phi) is 4.85. The maximum Gasteiger partial charge on any atom is 0.255 e. The molecule has 124 valence electrons. The maximum absolute atomic E-state index is 12.6. The highest BCUT2D eigenvalue weighted by molar-refractivity contribution is 7.99. The Bertz CT molecular complexity index is 888. The molecule has 2 heterocycles. The van der Waals surface area contributed by atoms with E-state index in [0.717, 1.165) is 39.8 Å². The van der Waals surface area contributed by atoms with Gasteiger partial charge in [-0.1, -0.05) is 36.4 Å². The van der Waals surface area contributed by atoms with E-state index in [1.54, 1.807) is 11.8 Å². The summed E-state index contributed by atoms with van der Waals surface area (Å²) in [7, 11) is 0. The molecule has 1 aromatic carbocycles. The summed E-state index contributed by atoms with van der Waals surface area (Å²) in [5, 5.41) is 12.2. The number of hydrogen-bond acceptors (Lipinski definition) is 4. The summed E-state index contributed by atoms with van der Waals surface area (Å²) in [6, 6.07) is 9.59. The van der Waals surface area contributed by atoms with E-state index < -0.39 is 0 Å². The molecule has 0 bridgehead atoms. The van der Waals surface area contributed by atoms with Crippen LogP contribution in [-0.2, 0) is 0 Å². The lowest BCUT2D eigenvalue weighted by molar-refractivity contribution is 0.102. The first kappa shape index (κ1) is 16.5. The van der Waals surface area contributed by atoms with Gasteiger partial charge in [-0.2, -0.15) is 0 Å². The third-order valence-electron chi connectivity index (χ3n) is 3.70. The van der Waals surface area contributed by atoms with Crippen LogP contribution in [0.3, 0.4) is 0 Å². The van der Waals surface area contributed by atoms with Crippen molar-refractivity contribution in [3.05, 3.63) is 53.2 Å². The molecule has 0 unspecified atom stereocenters. The fourth-order valence-electron chi connectivity index (χ4n) is 2.41. The maximum atomic E-state index is 12.6. The van der Waals surface area contributed by atoms with Gasteiger partial charge in [-0.15, -0.1) is 10.2 Å². The number of nitrogens with one attached hydrogen (secondary N) is 1. The number of thioether (sulfide) groups is 1. The van der Waals surface area contributed by atoms with Crippen LogP contribution in [0, 0.1) is 13.8 Å². The van der Waals surface area contributed by atoms with Gasteiger partial charge in [0.1, 0.15) is 0 Å². The van der Waals surface area contributed by atoms with Gasteiger partial charge in [-0.05, 0) is 44.0 Å². The molecule has 3 aromatic rings. The van der Waals surface area contributed by atoms with Gasteiger partial charge < -0.3 is 5.32 Å². The van der Waals surface area contributed by atoms with E-state index in [2.05, 4.69) is 22.4 Å². The predicted octanol–water partition coefficient (Wildman–Crippen LogP) is 4.10. The number of amides is 1. The normalized spacial score (nSPS) is 11.0. The van der Waals surface area contributed by atoms with Crippen LogP contribution in [0.1, 0.15) is 34.8 Å². The zero-order valence-corrected chi connectivity index (χ0v) is 14.9. The standard InChI is InChI=1S/C18H20N4OS/c1-4-9-24-18-21-20-16-8-7-14(11-22(16)18)19-17(23)15-10-12(2)5-6-13(15)3/h5-8,10-11H,4,9H2,1-3H3,(H,19,23). The molecule has 0 saturated carbocycles. The summed E-state index contributed by atoms with van der Waals surface area (Å²) in [6.07, 6.45) is 2.94. The summed E-state index contributed by atoms with van der Waals surface area (Å²) in [4.78, 5) is 12.6. The van der Waals surface area contributed by atoms with Crippen LogP contribution in [0.5, 0.6) is 0 Å². The third kappa shape index (κ3) is 3.43. The van der Waals surface area contributed by atoms with E-state index in [4.69, 9.17) is 0 Å². The number of carbonyl (C=O) groups excluding carboxylic acids is 1. The summed E-state index contributed by atoms with van der Waals surface area (Å²) < 4.78 is 1.92. The number of aryl methyl sites for hydroxylation is 2. The molecule has 0 atom stereocenters. The van der Waals surface area contributed by atoms with E-state index in [-0.39, 0.29) is 5.91 Å². The molecule has 24 heavy (non-hydrogen) atoms. The summed E-state index contributed by atoms with van der Waals surface area (Å²) in [6.45, 7) is 6.06. The van der Waals surface area contributed by atoms with Crippen molar-refractivity contribution in [1.29, 1.82) is 0 Å². The van der Waals surface area contributed by atoms with Gasteiger partial charge in [-0.25, -0.2) is 0 Å². The van der Waals surface area contributed by atoms with Crippen LogP contribution in [0.25, 0.3) is 5.65 Å². The Morgan fingerprint density at radius 1 is 1.21 bits per heavy atom. The predicted molar refractivity (Wildman–Crippen MR) is 97.9 cm³/mol. The Morgan fingerprint density at radius 2 is 2.04 bits per heavy atom. The number of nitrogens with zero attached hydrogens (tertiary/aromatic N) is 3. The Hall–Kier alpha value is -2.34. The van der Waals surface area contributed by atoms with Crippen molar-refractivity contribution in [3.63, 3.8) is 0 Å². The van der Waals surface area contributed by atoms with Crippen LogP contribution in [0.4, 0.5) is 5.69 Å². The monoisotopic (exact) mass is 340 g/mol. The molecule has 0 fully saturated rings. The van der Waals surface area contributed by atoms with E-state index >= 15 is 0 Å². The van der Waals surface area contributed by atoms with Gasteiger partial charge in [0.05, 0.1) is 5.69 Å². The second kappa shape index (κ2) is 7.05. The van der Waals surface area contributed by atoms with Crippen molar-refractivity contribution < 1.29 is 4.79 Å². The molecule has 1 amide bonds. The van der Waals surface area contributed by atoms with Gasteiger partial charge >= 0.3 is 0 Å². The van der Waals surface area contributed by atoms with Crippen LogP contribution in [-0.4, -0.2) is 26.3 Å². The molecule has 0 aliphatic rings. The third-order valence-corrected chi connectivity index (χ3v) is 4.85. The summed E-state index contributed by atoms with van der Waals surface area (Å²) in [5.41, 5.74) is 4.23. The number of aromatic nitrogens is 3. The summed E-state index contributed by atoms with van der Waals surface area (Å²) >= 11 is 1.66. The fourth-order valence-corrected chi connectivity index (χ4v) is 3.18. The van der Waals surface area contributed by atoms with Crippen LogP contribution < -0.4 is 5.32 Å². The number of carbonyl (C=O) groups is 1. The van der Waals surface area contributed by atoms with Crippen molar-refractivity contribution >= 4 is 29.0 Å². The molecule has 5 nitrogen and oxygen atoms in total. The van der Waals surface area contributed by atoms with E-state index in [9.17, 15) is 4.79 Å². The van der Waals surface area contributed by atoms with Gasteiger partial charge in [0.25, 0.3) is 5.91 Å². The molecule has 2 aromatic heterocycles. The Labute approximate surface area is 145 Å². The average Bonchev–Trinajstić information content (AvgIpc) is 2.97. The first-order chi connectivity index (χ1) is 11.6. The highest BCUT2D eigenvalue weighted by Crippen LogP contribution is 2.20. The molecule has 0 spiro atoms. The Morgan fingerprint density at radius 3 is 2.83 bits per heavy atom. The second-order valence-electron chi connectivity index (χ2n) is 5.75. The molecule has 0 radical (unpaired) electrons. The first-order valence-corrected chi connectivity index (χ1v) is 8.93. The van der Waals surface area contributed by atoms with Crippen LogP contribution in [0.2, 0.25) is 0 Å². The highest BCUT2D eigenvalue weighted by atomic mass is 32.2. The number of rotatable bonds is 5. The van der Waals surface area contributed by atoms with Crippen LogP contribution in [0.15, 0.2) is 41.7 Å². The highest BCUT2D eigenvalue weighted by Gasteiger charge is 2.11. The summed E-state index contributed by atoms with van der Waals surface area (Å²) in [5.74, 6) is 0.881. The lowest BCUT2D eigenvalue weighted by Crippen LogP contribution is -2.14. The minimum absolute atomic E-state index is 0.105. The van der Waals surface area contributed by atoms with E-state index in [1.807, 2.05) is 54.8 Å².